The summed E-state index contributed by atoms with van der Waals surface area (Å²) >= 11 is 2.71. The number of hydrogen-bond donors (Lipinski definition) is 0. The Kier molecular flexibility index (Phi) is 6.24. The van der Waals surface area contributed by atoms with Crippen molar-refractivity contribution in [2.75, 3.05) is 18.0 Å². The van der Waals surface area contributed by atoms with Gasteiger partial charge in [0.1, 0.15) is 4.21 Å². The first kappa shape index (κ1) is 22.1. The molecule has 0 bridgehead atoms. The maximum Gasteiger partial charge on any atom is 0.252 e. The standard InChI is InChI=1S/C23H22N4O3S3/c28-22(18-9-13-26(14-10-18)33(29,30)21-6-3-15-31-21)27(16-17-7-11-24-12-8-17)23-25-19-4-1-2-5-20(19)32-23/h1-8,11-12,15,18H,9-10,13-14,16H2. The minimum Gasteiger partial charge on any atom is -0.283 e. The number of pyridine rings is 1. The van der Waals surface area contributed by atoms with Crippen molar-refractivity contribution in [2.24, 2.45) is 5.92 Å². The number of thiazole rings is 1. The average molecular weight is 499 g/mol. The van der Waals surface area contributed by atoms with Crippen LogP contribution in [0.2, 0.25) is 0 Å². The van der Waals surface area contributed by atoms with E-state index in [1.165, 1.54) is 27.0 Å². The lowest BCUT2D eigenvalue weighted by Gasteiger charge is -2.32. The number of benzene rings is 1. The van der Waals surface area contributed by atoms with Gasteiger partial charge in [-0.15, -0.1) is 11.3 Å². The normalized spacial score (nSPS) is 15.6. The molecule has 1 fully saturated rings. The Balaban J connectivity index is 1.37. The van der Waals surface area contributed by atoms with E-state index < -0.39 is 10.0 Å². The first-order chi connectivity index (χ1) is 16.0. The van der Waals surface area contributed by atoms with Gasteiger partial charge in [0.25, 0.3) is 10.0 Å². The van der Waals surface area contributed by atoms with E-state index in [4.69, 9.17) is 4.98 Å². The van der Waals surface area contributed by atoms with E-state index in [0.29, 0.717) is 41.8 Å². The van der Waals surface area contributed by atoms with Gasteiger partial charge in [-0.2, -0.15) is 4.31 Å². The Morgan fingerprint density at radius 1 is 1.06 bits per heavy atom. The van der Waals surface area contributed by atoms with E-state index in [9.17, 15) is 13.2 Å². The summed E-state index contributed by atoms with van der Waals surface area (Å²) in [5, 5.41) is 2.42. The number of thiophene rings is 1. The number of amides is 1. The zero-order valence-electron chi connectivity index (χ0n) is 17.7. The van der Waals surface area contributed by atoms with E-state index in [1.54, 1.807) is 34.8 Å². The van der Waals surface area contributed by atoms with Crippen LogP contribution in [0.1, 0.15) is 18.4 Å². The molecule has 0 N–H and O–H groups in total. The second-order valence-electron chi connectivity index (χ2n) is 7.85. The van der Waals surface area contributed by atoms with Crippen molar-refractivity contribution >= 4 is 54.0 Å². The van der Waals surface area contributed by atoms with Gasteiger partial charge in [0.2, 0.25) is 5.91 Å². The molecule has 4 aromatic rings. The summed E-state index contributed by atoms with van der Waals surface area (Å²) in [5.41, 5.74) is 1.83. The molecule has 0 aliphatic carbocycles. The zero-order chi connectivity index (χ0) is 22.8. The highest BCUT2D eigenvalue weighted by Crippen LogP contribution is 2.33. The Bertz CT molecular complexity index is 1310. The Labute approximate surface area is 200 Å². The van der Waals surface area contributed by atoms with E-state index in [2.05, 4.69) is 4.98 Å². The monoisotopic (exact) mass is 498 g/mol. The number of aromatic nitrogens is 2. The van der Waals surface area contributed by atoms with Crippen molar-refractivity contribution in [3.8, 4) is 0 Å². The van der Waals surface area contributed by atoms with E-state index >= 15 is 0 Å². The quantitative estimate of drug-likeness (QED) is 0.394. The number of piperidine rings is 1. The lowest BCUT2D eigenvalue weighted by Crippen LogP contribution is -2.44. The van der Waals surface area contributed by atoms with Gasteiger partial charge in [-0.3, -0.25) is 14.7 Å². The summed E-state index contributed by atoms with van der Waals surface area (Å²) in [6.07, 6.45) is 4.40. The molecular weight excluding hydrogens is 476 g/mol. The highest BCUT2D eigenvalue weighted by Gasteiger charge is 2.35. The second kappa shape index (κ2) is 9.30. The topological polar surface area (TPSA) is 83.5 Å². The first-order valence-electron chi connectivity index (χ1n) is 10.6. The van der Waals surface area contributed by atoms with Gasteiger partial charge in [-0.05, 0) is 54.1 Å². The molecular formula is C23H22N4O3S3. The SMILES string of the molecule is O=C(C1CCN(S(=O)(=O)c2cccs2)CC1)N(Cc1ccncc1)c1nc2ccccc2s1. The predicted molar refractivity (Wildman–Crippen MR) is 131 cm³/mol. The highest BCUT2D eigenvalue weighted by atomic mass is 32.2. The number of carbonyl (C=O) groups excluding carboxylic acids is 1. The third kappa shape index (κ3) is 4.56. The number of nitrogens with zero attached hydrogens (tertiary/aromatic N) is 4. The fourth-order valence-electron chi connectivity index (χ4n) is 3.99. The number of anilines is 1. The molecule has 0 radical (unpaired) electrons. The molecule has 0 spiro atoms. The molecule has 1 aliphatic rings. The fraction of sp³-hybridized carbons (Fsp3) is 0.261. The summed E-state index contributed by atoms with van der Waals surface area (Å²) in [6.45, 7) is 1.06. The molecule has 1 saturated heterocycles. The summed E-state index contributed by atoms with van der Waals surface area (Å²) in [7, 11) is -3.50. The van der Waals surface area contributed by atoms with Crippen molar-refractivity contribution < 1.29 is 13.2 Å². The van der Waals surface area contributed by atoms with E-state index in [-0.39, 0.29) is 11.8 Å². The molecule has 0 saturated carbocycles. The van der Waals surface area contributed by atoms with Crippen LogP contribution in [0.15, 0.2) is 70.5 Å². The molecule has 3 aromatic heterocycles. The van der Waals surface area contributed by atoms with Crippen LogP contribution in [0.3, 0.4) is 0 Å². The largest absolute Gasteiger partial charge is 0.283 e. The Morgan fingerprint density at radius 2 is 1.82 bits per heavy atom. The third-order valence-electron chi connectivity index (χ3n) is 5.76. The van der Waals surface area contributed by atoms with Crippen molar-refractivity contribution in [1.82, 2.24) is 14.3 Å². The molecule has 1 aliphatic heterocycles. The molecule has 5 rings (SSSR count). The predicted octanol–water partition coefficient (Wildman–Crippen LogP) is 4.39. The summed E-state index contributed by atoms with van der Waals surface area (Å²) < 4.78 is 28.6. The Morgan fingerprint density at radius 3 is 2.52 bits per heavy atom. The van der Waals surface area contributed by atoms with Crippen molar-refractivity contribution in [3.05, 3.63) is 71.9 Å². The molecule has 33 heavy (non-hydrogen) atoms. The number of carbonyl (C=O) groups is 1. The van der Waals surface area contributed by atoms with Gasteiger partial charge >= 0.3 is 0 Å². The van der Waals surface area contributed by atoms with Crippen LogP contribution in [0, 0.1) is 5.92 Å². The molecule has 0 atom stereocenters. The molecule has 170 valence electrons. The van der Waals surface area contributed by atoms with Crippen molar-refractivity contribution in [2.45, 2.75) is 23.6 Å². The first-order valence-corrected chi connectivity index (χ1v) is 13.8. The number of sulfonamides is 1. The van der Waals surface area contributed by atoms with Gasteiger partial charge in [0.15, 0.2) is 5.13 Å². The molecule has 1 aromatic carbocycles. The van der Waals surface area contributed by atoms with E-state index in [0.717, 1.165) is 15.8 Å². The molecule has 0 unspecified atom stereocenters. The molecule has 1 amide bonds. The van der Waals surface area contributed by atoms with Crippen LogP contribution in [0.25, 0.3) is 10.2 Å². The second-order valence-corrected chi connectivity index (χ2v) is 12.0. The van der Waals surface area contributed by atoms with Crippen LogP contribution in [0.4, 0.5) is 5.13 Å². The third-order valence-corrected chi connectivity index (χ3v) is 10.1. The summed E-state index contributed by atoms with van der Waals surface area (Å²) in [5.74, 6) is -0.271. The zero-order valence-corrected chi connectivity index (χ0v) is 20.2. The van der Waals surface area contributed by atoms with Crippen LogP contribution in [-0.4, -0.2) is 41.7 Å². The minimum absolute atomic E-state index is 0.0148. The minimum atomic E-state index is -3.50. The molecule has 7 nitrogen and oxygen atoms in total. The molecule has 10 heteroatoms. The van der Waals surface area contributed by atoms with Gasteiger partial charge in [0.05, 0.1) is 16.8 Å². The van der Waals surface area contributed by atoms with Crippen LogP contribution < -0.4 is 4.90 Å². The van der Waals surface area contributed by atoms with Crippen molar-refractivity contribution in [1.29, 1.82) is 0 Å². The maximum absolute atomic E-state index is 13.7. The van der Waals surface area contributed by atoms with Gasteiger partial charge in [0, 0.05) is 31.4 Å². The lowest BCUT2D eigenvalue weighted by atomic mass is 9.96. The maximum atomic E-state index is 13.7. The number of hydrogen-bond acceptors (Lipinski definition) is 7. The summed E-state index contributed by atoms with van der Waals surface area (Å²) in [6, 6.07) is 15.0. The van der Waals surface area contributed by atoms with Gasteiger partial charge in [-0.25, -0.2) is 13.4 Å². The lowest BCUT2D eigenvalue weighted by molar-refractivity contribution is -0.123. The van der Waals surface area contributed by atoms with Gasteiger partial charge in [-0.1, -0.05) is 29.5 Å². The highest BCUT2D eigenvalue weighted by molar-refractivity contribution is 7.91. The average Bonchev–Trinajstić information content (AvgIpc) is 3.53. The molecule has 4 heterocycles. The van der Waals surface area contributed by atoms with Crippen LogP contribution >= 0.6 is 22.7 Å². The number of fused-ring (bicyclic) bond motifs is 1. The number of rotatable bonds is 6. The Hall–Kier alpha value is -2.66. The van der Waals surface area contributed by atoms with Crippen molar-refractivity contribution in [3.63, 3.8) is 0 Å². The van der Waals surface area contributed by atoms with Gasteiger partial charge < -0.3 is 0 Å². The summed E-state index contributed by atoms with van der Waals surface area (Å²) in [4.78, 5) is 24.2. The smallest absolute Gasteiger partial charge is 0.252 e. The fourth-order valence-corrected chi connectivity index (χ4v) is 7.57. The van der Waals surface area contributed by atoms with Crippen LogP contribution in [-0.2, 0) is 21.4 Å². The van der Waals surface area contributed by atoms with Crippen LogP contribution in [0.5, 0.6) is 0 Å². The number of para-hydroxylation sites is 1. The van der Waals surface area contributed by atoms with E-state index in [1.807, 2.05) is 36.4 Å².